The molecule has 0 nitrogen and oxygen atoms in total. The van der Waals surface area contributed by atoms with Crippen LogP contribution in [0.3, 0.4) is 0 Å². The van der Waals surface area contributed by atoms with E-state index in [1.54, 1.807) is 0 Å². The van der Waals surface area contributed by atoms with Crippen molar-refractivity contribution in [2.45, 2.75) is 0 Å². The first-order valence-corrected chi connectivity index (χ1v) is 17.4. The third kappa shape index (κ3) is 3.88. The van der Waals surface area contributed by atoms with Gasteiger partial charge in [0, 0.05) is 0 Å². The molecule has 11 rings (SSSR count). The first-order chi connectivity index (χ1) is 24.8. The fourth-order valence-corrected chi connectivity index (χ4v) is 8.80. The summed E-state index contributed by atoms with van der Waals surface area (Å²) >= 11 is 0. The summed E-state index contributed by atoms with van der Waals surface area (Å²) in [6.45, 7) is 0. The maximum Gasteiger partial charge on any atom is -0.00204 e. The highest BCUT2D eigenvalue weighted by Gasteiger charge is 2.21. The summed E-state index contributed by atoms with van der Waals surface area (Å²) in [5, 5.41) is 15.7. The van der Waals surface area contributed by atoms with E-state index in [-0.39, 0.29) is 0 Å². The molecule has 0 amide bonds. The predicted molar refractivity (Wildman–Crippen MR) is 216 cm³/mol. The Morgan fingerprint density at radius 1 is 0.200 bits per heavy atom. The summed E-state index contributed by atoms with van der Waals surface area (Å²) in [6.07, 6.45) is 0. The van der Waals surface area contributed by atoms with E-state index in [1.807, 2.05) is 0 Å². The minimum Gasteiger partial charge on any atom is -0.0622 e. The van der Waals surface area contributed by atoms with Crippen LogP contribution in [0, 0.1) is 0 Å². The highest BCUT2D eigenvalue weighted by molar-refractivity contribution is 6.27. The zero-order chi connectivity index (χ0) is 32.8. The molecule has 50 heavy (non-hydrogen) atoms. The molecule has 0 aliphatic rings. The van der Waals surface area contributed by atoms with Gasteiger partial charge in [0.2, 0.25) is 0 Å². The lowest BCUT2D eigenvalue weighted by molar-refractivity contribution is 1.57. The Labute approximate surface area is 290 Å². The Morgan fingerprint density at radius 2 is 0.600 bits per heavy atom. The summed E-state index contributed by atoms with van der Waals surface area (Å²) in [7, 11) is 0. The fourth-order valence-electron chi connectivity index (χ4n) is 8.80. The molecule has 0 radical (unpaired) electrons. The van der Waals surface area contributed by atoms with Gasteiger partial charge in [-0.1, -0.05) is 182 Å². The average molecular weight is 631 g/mol. The van der Waals surface area contributed by atoms with Gasteiger partial charge in [-0.15, -0.1) is 0 Å². The molecule has 0 bridgehead atoms. The average Bonchev–Trinajstić information content (AvgIpc) is 3.19. The lowest BCUT2D eigenvalue weighted by Gasteiger charge is -2.22. The number of benzene rings is 11. The van der Waals surface area contributed by atoms with Crippen molar-refractivity contribution in [1.29, 1.82) is 0 Å². The van der Waals surface area contributed by atoms with E-state index in [2.05, 4.69) is 182 Å². The topological polar surface area (TPSA) is 0 Å². The lowest BCUT2D eigenvalue weighted by Crippen LogP contribution is -1.95. The van der Waals surface area contributed by atoms with Crippen molar-refractivity contribution < 1.29 is 0 Å². The molecule has 0 spiro atoms. The van der Waals surface area contributed by atoms with Crippen molar-refractivity contribution in [2.24, 2.45) is 0 Å². The van der Waals surface area contributed by atoms with Crippen molar-refractivity contribution in [1.82, 2.24) is 0 Å². The SMILES string of the molecule is c1ccc(-c2cccc(-c3ccccc3-c3ccc4ccc5cccc6ccc3c4c56)c2-c2ccc3ccc4cccc5ccc2c3c45)cc1. The van der Waals surface area contributed by atoms with Gasteiger partial charge < -0.3 is 0 Å². The van der Waals surface area contributed by atoms with Crippen LogP contribution in [0.25, 0.3) is 109 Å². The van der Waals surface area contributed by atoms with Crippen molar-refractivity contribution in [3.63, 3.8) is 0 Å². The number of rotatable bonds is 4. The third-order valence-electron chi connectivity index (χ3n) is 11.0. The van der Waals surface area contributed by atoms with Crippen LogP contribution >= 0.6 is 0 Å². The van der Waals surface area contributed by atoms with E-state index in [0.717, 1.165) is 0 Å². The second-order valence-electron chi connectivity index (χ2n) is 13.6. The zero-order valence-electron chi connectivity index (χ0n) is 27.3. The summed E-state index contributed by atoms with van der Waals surface area (Å²) in [5.41, 5.74) is 9.96. The Kier molecular flexibility index (Phi) is 5.76. The second-order valence-corrected chi connectivity index (χ2v) is 13.6. The number of hydrogen-bond donors (Lipinski definition) is 0. The van der Waals surface area contributed by atoms with E-state index in [4.69, 9.17) is 0 Å². The van der Waals surface area contributed by atoms with Gasteiger partial charge in [-0.2, -0.15) is 0 Å². The minimum atomic E-state index is 1.22. The van der Waals surface area contributed by atoms with Crippen LogP contribution in [-0.2, 0) is 0 Å². The van der Waals surface area contributed by atoms with Gasteiger partial charge in [-0.3, -0.25) is 0 Å². The maximum atomic E-state index is 2.35. The zero-order valence-corrected chi connectivity index (χ0v) is 27.3. The van der Waals surface area contributed by atoms with Gasteiger partial charge in [0.25, 0.3) is 0 Å². The Bertz CT molecular complexity index is 3040. The molecule has 0 unspecified atom stereocenters. The van der Waals surface area contributed by atoms with E-state index >= 15 is 0 Å². The van der Waals surface area contributed by atoms with Gasteiger partial charge in [-0.25, -0.2) is 0 Å². The standard InChI is InChI=1S/C50H30/c1-2-9-31(10-3-1)38-17-8-18-42(50(38)45-30-26-37-22-20-33-12-7-14-35-25-29-44(45)49(37)47(33)35)40-16-5-4-15-39(40)41-27-23-36-21-19-32-11-6-13-34-24-28-43(41)48(36)46(32)34/h1-30H. The van der Waals surface area contributed by atoms with E-state index in [0.29, 0.717) is 0 Å². The molecule has 0 aliphatic heterocycles. The molecular formula is C50H30. The van der Waals surface area contributed by atoms with E-state index in [9.17, 15) is 0 Å². The molecule has 0 heteroatoms. The van der Waals surface area contributed by atoms with Gasteiger partial charge in [0.1, 0.15) is 0 Å². The molecule has 11 aromatic carbocycles. The first-order valence-electron chi connectivity index (χ1n) is 17.4. The van der Waals surface area contributed by atoms with Crippen LogP contribution in [0.4, 0.5) is 0 Å². The van der Waals surface area contributed by atoms with Crippen LogP contribution in [0.1, 0.15) is 0 Å². The summed E-state index contributed by atoms with van der Waals surface area (Å²) < 4.78 is 0. The predicted octanol–water partition coefficient (Wildman–Crippen LogP) is 14.1. The smallest absolute Gasteiger partial charge is 0.00204 e. The minimum absolute atomic E-state index is 1.22. The molecule has 0 aliphatic carbocycles. The Hall–Kier alpha value is -6.50. The molecule has 0 atom stereocenters. The van der Waals surface area contributed by atoms with Gasteiger partial charge in [0.15, 0.2) is 0 Å². The molecule has 0 heterocycles. The molecule has 0 saturated carbocycles. The van der Waals surface area contributed by atoms with Crippen LogP contribution < -0.4 is 0 Å². The first kappa shape index (κ1) is 27.5. The van der Waals surface area contributed by atoms with Crippen LogP contribution in [0.5, 0.6) is 0 Å². The summed E-state index contributed by atoms with van der Waals surface area (Å²) in [5.74, 6) is 0. The van der Waals surface area contributed by atoms with Gasteiger partial charge in [-0.05, 0) is 109 Å². The van der Waals surface area contributed by atoms with Crippen LogP contribution in [0.15, 0.2) is 182 Å². The monoisotopic (exact) mass is 630 g/mol. The van der Waals surface area contributed by atoms with Crippen molar-refractivity contribution in [2.75, 3.05) is 0 Å². The largest absolute Gasteiger partial charge is 0.0622 e. The normalized spacial score (nSPS) is 12.0. The highest BCUT2D eigenvalue weighted by Crippen LogP contribution is 2.48. The van der Waals surface area contributed by atoms with Gasteiger partial charge >= 0.3 is 0 Å². The number of hydrogen-bond acceptors (Lipinski definition) is 0. The molecule has 230 valence electrons. The van der Waals surface area contributed by atoms with E-state index < -0.39 is 0 Å². The Balaban J connectivity index is 1.24. The third-order valence-corrected chi connectivity index (χ3v) is 11.0. The van der Waals surface area contributed by atoms with Crippen LogP contribution in [-0.4, -0.2) is 0 Å². The molecule has 11 aromatic rings. The van der Waals surface area contributed by atoms with Crippen molar-refractivity contribution in [3.8, 4) is 44.5 Å². The highest BCUT2D eigenvalue weighted by atomic mass is 14.2. The van der Waals surface area contributed by atoms with Crippen molar-refractivity contribution in [3.05, 3.63) is 182 Å². The molecular weight excluding hydrogens is 601 g/mol. The lowest BCUT2D eigenvalue weighted by atomic mass is 9.81. The molecule has 0 fully saturated rings. The maximum absolute atomic E-state index is 2.35. The van der Waals surface area contributed by atoms with Gasteiger partial charge in [0.05, 0.1) is 0 Å². The Morgan fingerprint density at radius 3 is 1.20 bits per heavy atom. The van der Waals surface area contributed by atoms with Crippen molar-refractivity contribution >= 4 is 64.6 Å². The summed E-state index contributed by atoms with van der Waals surface area (Å²) in [6, 6.07) is 67.7. The molecule has 0 aromatic heterocycles. The quantitative estimate of drug-likeness (QED) is 0.170. The fraction of sp³-hybridized carbons (Fsp3) is 0. The summed E-state index contributed by atoms with van der Waals surface area (Å²) in [4.78, 5) is 0. The van der Waals surface area contributed by atoms with E-state index in [1.165, 1.54) is 109 Å². The second kappa shape index (κ2) is 10.5. The molecule has 0 N–H and O–H groups in total. The molecule has 0 saturated heterocycles. The van der Waals surface area contributed by atoms with Crippen LogP contribution in [0.2, 0.25) is 0 Å².